The van der Waals surface area contributed by atoms with Gasteiger partial charge in [-0.15, -0.1) is 0 Å². The van der Waals surface area contributed by atoms with Crippen LogP contribution in [0.5, 0.6) is 0 Å². The predicted octanol–water partition coefficient (Wildman–Crippen LogP) is 5.47. The first-order chi connectivity index (χ1) is 15.5. The summed E-state index contributed by atoms with van der Waals surface area (Å²) in [5.74, 6) is -0.250. The molecule has 5 nitrogen and oxygen atoms in total. The van der Waals surface area contributed by atoms with Crippen LogP contribution in [0.4, 0.5) is 9.18 Å². The van der Waals surface area contributed by atoms with Crippen LogP contribution in [0.2, 0.25) is 0 Å². The zero-order valence-corrected chi connectivity index (χ0v) is 19.2. The van der Waals surface area contributed by atoms with E-state index in [4.69, 9.17) is 15.2 Å². The van der Waals surface area contributed by atoms with Crippen LogP contribution in [0.25, 0.3) is 11.1 Å². The first-order valence-electron chi connectivity index (χ1n) is 11.6. The summed E-state index contributed by atoms with van der Waals surface area (Å²) < 4.78 is 26.8. The van der Waals surface area contributed by atoms with Gasteiger partial charge in [0.15, 0.2) is 0 Å². The largest absolute Gasteiger partial charge is 0.449 e. The molecule has 2 aromatic carbocycles. The first kappa shape index (κ1) is 24.2. The van der Waals surface area contributed by atoms with Gasteiger partial charge in [0.2, 0.25) is 0 Å². The summed E-state index contributed by atoms with van der Waals surface area (Å²) in [4.78, 5) is 14.3. The SMILES string of the molecule is CCCCOC(=O)N1CCCC([C@@H](OCCN)c2cccc(F)c2-c2cccc(C)c2)C1. The molecule has 0 spiro atoms. The van der Waals surface area contributed by atoms with Crippen LogP contribution in [0.15, 0.2) is 42.5 Å². The third-order valence-electron chi connectivity index (χ3n) is 5.94. The van der Waals surface area contributed by atoms with E-state index in [-0.39, 0.29) is 23.9 Å². The average molecular weight is 443 g/mol. The molecule has 2 atom stereocenters. The Morgan fingerprint density at radius 2 is 2.06 bits per heavy atom. The van der Waals surface area contributed by atoms with Crippen LogP contribution in [0.1, 0.15) is 49.8 Å². The molecule has 1 saturated heterocycles. The maximum atomic E-state index is 15.1. The standard InChI is InChI=1S/C26H35FN2O3/c1-3-4-15-32-26(30)29-14-7-10-21(18-29)25(31-16-13-28)22-11-6-12-23(27)24(22)20-9-5-8-19(2)17-20/h5-6,8-9,11-12,17,21,25H,3-4,7,10,13-16,18,28H2,1-2H3/t21?,25-/m1/s1. The topological polar surface area (TPSA) is 64.8 Å². The number of halogens is 1. The van der Waals surface area contributed by atoms with Crippen molar-refractivity contribution in [3.63, 3.8) is 0 Å². The second-order valence-electron chi connectivity index (χ2n) is 8.47. The molecule has 2 N–H and O–H groups in total. The van der Waals surface area contributed by atoms with Crippen molar-refractivity contribution in [2.45, 2.75) is 45.6 Å². The number of carbonyl (C=O) groups is 1. The van der Waals surface area contributed by atoms with Crippen molar-refractivity contribution in [1.29, 1.82) is 0 Å². The summed E-state index contributed by atoms with van der Waals surface area (Å²) in [6, 6.07) is 13.0. The molecule has 2 aromatic rings. The fraction of sp³-hybridized carbons (Fsp3) is 0.500. The van der Waals surface area contributed by atoms with E-state index in [0.29, 0.717) is 38.4 Å². The number of likely N-dealkylation sites (tertiary alicyclic amines) is 1. The predicted molar refractivity (Wildman–Crippen MR) is 125 cm³/mol. The fourth-order valence-electron chi connectivity index (χ4n) is 4.38. The van der Waals surface area contributed by atoms with Gasteiger partial charge >= 0.3 is 6.09 Å². The molecule has 0 aliphatic carbocycles. The number of nitrogens with two attached hydrogens (primary N) is 1. The number of benzene rings is 2. The Morgan fingerprint density at radius 3 is 2.81 bits per heavy atom. The van der Waals surface area contributed by atoms with E-state index in [9.17, 15) is 4.79 Å². The van der Waals surface area contributed by atoms with E-state index in [1.807, 2.05) is 37.3 Å². The molecule has 0 radical (unpaired) electrons. The molecule has 0 saturated carbocycles. The summed E-state index contributed by atoms with van der Waals surface area (Å²) >= 11 is 0. The zero-order chi connectivity index (χ0) is 22.9. The summed E-state index contributed by atoms with van der Waals surface area (Å²) in [7, 11) is 0. The van der Waals surface area contributed by atoms with Crippen LogP contribution in [-0.2, 0) is 9.47 Å². The Hall–Kier alpha value is -2.44. The van der Waals surface area contributed by atoms with Gasteiger partial charge in [-0.3, -0.25) is 0 Å². The number of hydrogen-bond acceptors (Lipinski definition) is 4. The van der Waals surface area contributed by atoms with Crippen molar-refractivity contribution in [3.8, 4) is 11.1 Å². The van der Waals surface area contributed by atoms with Crippen molar-refractivity contribution in [1.82, 2.24) is 4.90 Å². The van der Waals surface area contributed by atoms with Crippen molar-refractivity contribution in [3.05, 3.63) is 59.4 Å². The van der Waals surface area contributed by atoms with Crippen LogP contribution in [0.3, 0.4) is 0 Å². The quantitative estimate of drug-likeness (QED) is 0.523. The molecule has 174 valence electrons. The molecule has 1 heterocycles. The molecular weight excluding hydrogens is 407 g/mol. The molecule has 1 amide bonds. The Labute approximate surface area is 190 Å². The number of unbranched alkanes of at least 4 members (excludes halogenated alkanes) is 1. The lowest BCUT2D eigenvalue weighted by Gasteiger charge is -2.37. The zero-order valence-electron chi connectivity index (χ0n) is 19.2. The molecule has 1 aliphatic rings. The maximum absolute atomic E-state index is 15.1. The molecule has 1 aliphatic heterocycles. The van der Waals surface area contributed by atoms with Crippen molar-refractivity contribution < 1.29 is 18.7 Å². The summed E-state index contributed by atoms with van der Waals surface area (Å²) in [5, 5.41) is 0. The molecule has 1 unspecified atom stereocenters. The van der Waals surface area contributed by atoms with E-state index >= 15 is 4.39 Å². The third-order valence-corrected chi connectivity index (χ3v) is 5.94. The Bertz CT molecular complexity index is 889. The van der Waals surface area contributed by atoms with Crippen LogP contribution in [0, 0.1) is 18.7 Å². The normalized spacial score (nSPS) is 17.2. The highest BCUT2D eigenvalue weighted by molar-refractivity contribution is 5.70. The van der Waals surface area contributed by atoms with Crippen LogP contribution >= 0.6 is 0 Å². The number of piperidine rings is 1. The van der Waals surface area contributed by atoms with E-state index in [0.717, 1.165) is 42.4 Å². The van der Waals surface area contributed by atoms with Gasteiger partial charge in [0.05, 0.1) is 19.3 Å². The number of carbonyl (C=O) groups excluding carboxylic acids is 1. The van der Waals surface area contributed by atoms with Crippen molar-refractivity contribution in [2.75, 3.05) is 32.8 Å². The fourth-order valence-corrected chi connectivity index (χ4v) is 4.38. The summed E-state index contributed by atoms with van der Waals surface area (Å²) in [6.45, 7) is 6.42. The van der Waals surface area contributed by atoms with Crippen LogP contribution in [-0.4, -0.2) is 43.8 Å². The van der Waals surface area contributed by atoms with Gasteiger partial charge in [-0.2, -0.15) is 0 Å². The molecule has 1 fully saturated rings. The number of amides is 1. The second kappa shape index (κ2) is 12.0. The van der Waals surface area contributed by atoms with Gasteiger partial charge in [-0.25, -0.2) is 9.18 Å². The third kappa shape index (κ3) is 6.08. The summed E-state index contributed by atoms with van der Waals surface area (Å²) in [5.41, 5.74) is 8.99. The minimum absolute atomic E-state index is 0.0272. The number of ether oxygens (including phenoxy) is 2. The van der Waals surface area contributed by atoms with Gasteiger partial charge in [0.25, 0.3) is 0 Å². The van der Waals surface area contributed by atoms with E-state index in [2.05, 4.69) is 6.92 Å². The van der Waals surface area contributed by atoms with Crippen LogP contribution < -0.4 is 5.73 Å². The Kier molecular flexibility index (Phi) is 9.06. The Balaban J connectivity index is 1.90. The lowest BCUT2D eigenvalue weighted by atomic mass is 9.84. The van der Waals surface area contributed by atoms with Gasteiger partial charge < -0.3 is 20.1 Å². The molecule has 3 rings (SSSR count). The van der Waals surface area contributed by atoms with Gasteiger partial charge in [0, 0.05) is 31.1 Å². The molecule has 6 heteroatoms. The number of nitrogens with zero attached hydrogens (tertiary/aromatic N) is 1. The number of aryl methyl sites for hydroxylation is 1. The van der Waals surface area contributed by atoms with E-state index in [1.165, 1.54) is 6.07 Å². The summed E-state index contributed by atoms with van der Waals surface area (Å²) in [6.07, 6.45) is 2.93. The average Bonchev–Trinajstić information content (AvgIpc) is 2.80. The lowest BCUT2D eigenvalue weighted by Crippen LogP contribution is -2.42. The molecule has 0 aromatic heterocycles. The Morgan fingerprint density at radius 1 is 1.25 bits per heavy atom. The highest BCUT2D eigenvalue weighted by atomic mass is 19.1. The number of hydrogen-bond donors (Lipinski definition) is 1. The maximum Gasteiger partial charge on any atom is 0.409 e. The van der Waals surface area contributed by atoms with E-state index < -0.39 is 0 Å². The molecular formula is C26H35FN2O3. The highest BCUT2D eigenvalue weighted by Gasteiger charge is 2.33. The minimum Gasteiger partial charge on any atom is -0.449 e. The monoisotopic (exact) mass is 442 g/mol. The second-order valence-corrected chi connectivity index (χ2v) is 8.47. The lowest BCUT2D eigenvalue weighted by molar-refractivity contribution is -0.0124. The van der Waals surface area contributed by atoms with E-state index in [1.54, 1.807) is 11.0 Å². The minimum atomic E-state index is -0.365. The number of rotatable bonds is 9. The molecule has 0 bridgehead atoms. The first-order valence-corrected chi connectivity index (χ1v) is 11.6. The highest BCUT2D eigenvalue weighted by Crippen LogP contribution is 2.39. The van der Waals surface area contributed by atoms with Crippen molar-refractivity contribution >= 4 is 6.09 Å². The van der Waals surface area contributed by atoms with Gasteiger partial charge in [0.1, 0.15) is 5.82 Å². The van der Waals surface area contributed by atoms with Gasteiger partial charge in [-0.05, 0) is 43.4 Å². The molecule has 32 heavy (non-hydrogen) atoms. The van der Waals surface area contributed by atoms with Crippen molar-refractivity contribution in [2.24, 2.45) is 11.7 Å². The van der Waals surface area contributed by atoms with Gasteiger partial charge in [-0.1, -0.05) is 55.3 Å². The smallest absolute Gasteiger partial charge is 0.409 e.